The normalized spacial score (nSPS) is 23.8. The Morgan fingerprint density at radius 1 is 1.26 bits per heavy atom. The molecule has 1 N–H and O–H groups in total. The standard InChI is InChI=1S/C15H16N6O2/c1-20-7-5-16-13(20)10-2-3-11(19-18-10)21-6-4-15(9-21)8-12(22)17-14(15)23/h2-3,5,7H,4,6,8-9H2,1H3,(H,17,22,23). The highest BCUT2D eigenvalue weighted by atomic mass is 16.2. The van der Waals surface area contributed by atoms with Crippen molar-refractivity contribution in [2.45, 2.75) is 12.8 Å². The van der Waals surface area contributed by atoms with E-state index in [-0.39, 0.29) is 18.2 Å². The summed E-state index contributed by atoms with van der Waals surface area (Å²) in [6.45, 7) is 1.19. The summed E-state index contributed by atoms with van der Waals surface area (Å²) in [4.78, 5) is 29.8. The van der Waals surface area contributed by atoms with Crippen molar-refractivity contribution >= 4 is 17.6 Å². The Hall–Kier alpha value is -2.77. The summed E-state index contributed by atoms with van der Waals surface area (Å²) in [5.41, 5.74) is 0.0980. The second-order valence-corrected chi connectivity index (χ2v) is 6.14. The number of carbonyl (C=O) groups is 2. The molecule has 4 heterocycles. The Bertz CT molecular complexity index is 784. The van der Waals surface area contributed by atoms with Crippen LogP contribution in [0.3, 0.4) is 0 Å². The maximum atomic E-state index is 12.0. The molecular formula is C15H16N6O2. The van der Waals surface area contributed by atoms with Crippen LogP contribution < -0.4 is 10.2 Å². The summed E-state index contributed by atoms with van der Waals surface area (Å²) in [5.74, 6) is 1.12. The molecule has 0 radical (unpaired) electrons. The number of imidazole rings is 1. The topological polar surface area (TPSA) is 93.0 Å². The lowest BCUT2D eigenvalue weighted by molar-refractivity contribution is -0.127. The van der Waals surface area contributed by atoms with Gasteiger partial charge in [0.1, 0.15) is 5.69 Å². The van der Waals surface area contributed by atoms with Crippen LogP contribution in [0.1, 0.15) is 12.8 Å². The van der Waals surface area contributed by atoms with E-state index < -0.39 is 5.41 Å². The van der Waals surface area contributed by atoms with E-state index in [4.69, 9.17) is 0 Å². The van der Waals surface area contributed by atoms with Crippen LogP contribution in [0.15, 0.2) is 24.5 Å². The fraction of sp³-hybridized carbons (Fsp3) is 0.400. The van der Waals surface area contributed by atoms with Gasteiger partial charge in [0, 0.05) is 39.0 Å². The van der Waals surface area contributed by atoms with Gasteiger partial charge >= 0.3 is 0 Å². The maximum Gasteiger partial charge on any atom is 0.235 e. The zero-order valence-corrected chi connectivity index (χ0v) is 12.7. The van der Waals surface area contributed by atoms with Gasteiger partial charge in [0.05, 0.1) is 5.41 Å². The average molecular weight is 312 g/mol. The van der Waals surface area contributed by atoms with Crippen LogP contribution in [0.25, 0.3) is 11.5 Å². The fourth-order valence-corrected chi connectivity index (χ4v) is 3.31. The molecule has 8 heteroatoms. The molecule has 23 heavy (non-hydrogen) atoms. The van der Waals surface area contributed by atoms with Crippen molar-refractivity contribution < 1.29 is 9.59 Å². The summed E-state index contributed by atoms with van der Waals surface area (Å²) in [5, 5.41) is 10.9. The number of anilines is 1. The third-order valence-corrected chi connectivity index (χ3v) is 4.61. The van der Waals surface area contributed by atoms with Crippen molar-refractivity contribution in [3.63, 3.8) is 0 Å². The molecule has 8 nitrogen and oxygen atoms in total. The van der Waals surface area contributed by atoms with Crippen molar-refractivity contribution in [3.05, 3.63) is 24.5 Å². The van der Waals surface area contributed by atoms with Crippen LogP contribution in [0.5, 0.6) is 0 Å². The quantitative estimate of drug-likeness (QED) is 0.792. The molecule has 2 aliphatic heterocycles. The molecule has 2 aromatic rings. The lowest BCUT2D eigenvalue weighted by Gasteiger charge is -2.20. The third kappa shape index (κ3) is 2.18. The summed E-state index contributed by atoms with van der Waals surface area (Å²) in [7, 11) is 1.90. The SMILES string of the molecule is Cn1ccnc1-c1ccc(N2CCC3(CC(=O)NC3=O)C2)nn1. The van der Waals surface area contributed by atoms with Gasteiger partial charge < -0.3 is 9.47 Å². The fourth-order valence-electron chi connectivity index (χ4n) is 3.31. The molecule has 2 aliphatic rings. The summed E-state index contributed by atoms with van der Waals surface area (Å²) < 4.78 is 1.88. The van der Waals surface area contributed by atoms with Crippen molar-refractivity contribution in [2.75, 3.05) is 18.0 Å². The predicted molar refractivity (Wildman–Crippen MR) is 81.3 cm³/mol. The number of nitrogens with one attached hydrogen (secondary N) is 1. The smallest absolute Gasteiger partial charge is 0.235 e. The molecule has 2 fully saturated rings. The number of imide groups is 1. The second-order valence-electron chi connectivity index (χ2n) is 6.14. The number of aryl methyl sites for hydroxylation is 1. The van der Waals surface area contributed by atoms with Gasteiger partial charge in [-0.15, -0.1) is 10.2 Å². The molecule has 0 aromatic carbocycles. The van der Waals surface area contributed by atoms with E-state index in [2.05, 4.69) is 20.5 Å². The molecule has 2 amide bonds. The van der Waals surface area contributed by atoms with Gasteiger partial charge in [0.15, 0.2) is 11.6 Å². The van der Waals surface area contributed by atoms with E-state index in [0.29, 0.717) is 31.0 Å². The van der Waals surface area contributed by atoms with Crippen LogP contribution in [0.2, 0.25) is 0 Å². The highest BCUT2D eigenvalue weighted by Crippen LogP contribution is 2.39. The monoisotopic (exact) mass is 312 g/mol. The molecule has 2 saturated heterocycles. The Labute approximate surface area is 132 Å². The first-order valence-corrected chi connectivity index (χ1v) is 7.48. The van der Waals surface area contributed by atoms with Crippen molar-refractivity contribution in [1.29, 1.82) is 0 Å². The number of hydrogen-bond donors (Lipinski definition) is 1. The minimum absolute atomic E-state index is 0.164. The van der Waals surface area contributed by atoms with Crippen LogP contribution in [0.4, 0.5) is 5.82 Å². The Kier molecular flexibility index (Phi) is 2.93. The first-order valence-electron chi connectivity index (χ1n) is 7.48. The van der Waals surface area contributed by atoms with Gasteiger partial charge in [-0.05, 0) is 18.6 Å². The van der Waals surface area contributed by atoms with Crippen LogP contribution in [0, 0.1) is 5.41 Å². The lowest BCUT2D eigenvalue weighted by Crippen LogP contribution is -2.34. The lowest BCUT2D eigenvalue weighted by atomic mass is 9.85. The molecule has 0 saturated carbocycles. The Morgan fingerprint density at radius 2 is 2.13 bits per heavy atom. The van der Waals surface area contributed by atoms with Gasteiger partial charge in [-0.25, -0.2) is 4.98 Å². The molecule has 0 bridgehead atoms. The zero-order chi connectivity index (χ0) is 16.0. The van der Waals surface area contributed by atoms with E-state index in [1.807, 2.05) is 34.8 Å². The van der Waals surface area contributed by atoms with Crippen LogP contribution in [-0.2, 0) is 16.6 Å². The summed E-state index contributed by atoms with van der Waals surface area (Å²) >= 11 is 0. The number of aromatic nitrogens is 4. The first kappa shape index (κ1) is 13.9. The minimum Gasteiger partial charge on any atom is -0.354 e. The van der Waals surface area contributed by atoms with E-state index >= 15 is 0 Å². The predicted octanol–water partition coefficient (Wildman–Crippen LogP) is 0.120. The summed E-state index contributed by atoms with van der Waals surface area (Å²) in [6.07, 6.45) is 4.49. The van der Waals surface area contributed by atoms with Crippen LogP contribution in [-0.4, -0.2) is 44.7 Å². The molecule has 118 valence electrons. The van der Waals surface area contributed by atoms with Gasteiger partial charge in [-0.3, -0.25) is 14.9 Å². The maximum absolute atomic E-state index is 12.0. The number of amides is 2. The van der Waals surface area contributed by atoms with Gasteiger partial charge in [-0.1, -0.05) is 0 Å². The van der Waals surface area contributed by atoms with Crippen molar-refractivity contribution in [2.24, 2.45) is 12.5 Å². The summed E-state index contributed by atoms with van der Waals surface area (Å²) in [6, 6.07) is 3.75. The van der Waals surface area contributed by atoms with Gasteiger partial charge in [0.2, 0.25) is 11.8 Å². The van der Waals surface area contributed by atoms with E-state index in [1.165, 1.54) is 0 Å². The molecule has 4 rings (SSSR count). The van der Waals surface area contributed by atoms with E-state index in [0.717, 1.165) is 5.82 Å². The molecule has 1 spiro atoms. The Morgan fingerprint density at radius 3 is 2.74 bits per heavy atom. The minimum atomic E-state index is -0.600. The van der Waals surface area contributed by atoms with Crippen LogP contribution >= 0.6 is 0 Å². The average Bonchev–Trinajstić information content (AvgIpc) is 3.21. The molecule has 1 atom stereocenters. The molecule has 0 aliphatic carbocycles. The number of nitrogens with zero attached hydrogens (tertiary/aromatic N) is 5. The van der Waals surface area contributed by atoms with E-state index in [1.54, 1.807) is 6.20 Å². The molecule has 2 aromatic heterocycles. The molecular weight excluding hydrogens is 296 g/mol. The van der Waals surface area contributed by atoms with Crippen molar-refractivity contribution in [3.8, 4) is 11.5 Å². The second kappa shape index (κ2) is 4.87. The van der Waals surface area contributed by atoms with Gasteiger partial charge in [-0.2, -0.15) is 0 Å². The first-order chi connectivity index (χ1) is 11.1. The highest BCUT2D eigenvalue weighted by molar-refractivity contribution is 6.06. The number of carbonyl (C=O) groups excluding carboxylic acids is 2. The largest absolute Gasteiger partial charge is 0.354 e. The Balaban J connectivity index is 1.55. The van der Waals surface area contributed by atoms with Gasteiger partial charge in [0.25, 0.3) is 0 Å². The van der Waals surface area contributed by atoms with E-state index in [9.17, 15) is 9.59 Å². The molecule has 1 unspecified atom stereocenters. The number of rotatable bonds is 2. The zero-order valence-electron chi connectivity index (χ0n) is 12.7. The number of hydrogen-bond acceptors (Lipinski definition) is 6. The third-order valence-electron chi connectivity index (χ3n) is 4.61. The highest BCUT2D eigenvalue weighted by Gasteiger charge is 2.51. The van der Waals surface area contributed by atoms with Crippen molar-refractivity contribution in [1.82, 2.24) is 25.1 Å².